The lowest BCUT2D eigenvalue weighted by molar-refractivity contribution is -0.376. The zero-order valence-corrected chi connectivity index (χ0v) is 31.5. The first-order valence-corrected chi connectivity index (χ1v) is 18.1. The minimum absolute atomic E-state index is 0.00593. The van der Waals surface area contributed by atoms with E-state index in [4.69, 9.17) is 5.14 Å². The average Bonchev–Trinajstić information content (AvgIpc) is 2.91. The van der Waals surface area contributed by atoms with Gasteiger partial charge in [0.15, 0.2) is 0 Å². The van der Waals surface area contributed by atoms with E-state index in [1.807, 2.05) is 6.92 Å². The Labute approximate surface area is 289 Å². The number of hydrogen-bond donors (Lipinski definition) is 2. The lowest BCUT2D eigenvalue weighted by Crippen LogP contribution is -2.53. The second-order valence-electron chi connectivity index (χ2n) is 17.4. The van der Waals surface area contributed by atoms with Crippen LogP contribution in [0.1, 0.15) is 124 Å². The molecular formula is C38H55F6NO3S. The van der Waals surface area contributed by atoms with Crippen molar-refractivity contribution in [1.29, 1.82) is 0 Å². The number of allylic oxidation sites excluding steroid dienone is 1. The number of benzene rings is 2. The van der Waals surface area contributed by atoms with Crippen LogP contribution in [0, 0.1) is 27.6 Å². The van der Waals surface area contributed by atoms with E-state index in [0.29, 0.717) is 12.0 Å². The maximum atomic E-state index is 13.6. The van der Waals surface area contributed by atoms with Crippen molar-refractivity contribution in [2.24, 2.45) is 32.7 Å². The van der Waals surface area contributed by atoms with E-state index >= 15 is 0 Å². The number of hydrogen-bond acceptors (Lipinski definition) is 3. The van der Waals surface area contributed by atoms with Crippen molar-refractivity contribution in [2.75, 3.05) is 0 Å². The van der Waals surface area contributed by atoms with Crippen LogP contribution in [0.3, 0.4) is 0 Å². The van der Waals surface area contributed by atoms with Gasteiger partial charge in [0.25, 0.3) is 5.60 Å². The van der Waals surface area contributed by atoms with E-state index in [1.54, 1.807) is 12.1 Å². The van der Waals surface area contributed by atoms with Gasteiger partial charge in [-0.2, -0.15) is 26.3 Å². The van der Waals surface area contributed by atoms with Crippen molar-refractivity contribution in [2.45, 2.75) is 131 Å². The SMILES string of the molecule is CC(C(CC(C)(C)CCC(C)(C)C(=Cc1ccc(S(N)(=O)=O)cc1)CC(C)(C)C)c1ccc(C(O)(C(F)(F)F)C(F)(F)F)cc1)C(C)(C)C. The summed E-state index contributed by atoms with van der Waals surface area (Å²) in [6.07, 6.45) is -6.83. The van der Waals surface area contributed by atoms with Gasteiger partial charge < -0.3 is 5.11 Å². The van der Waals surface area contributed by atoms with Crippen LogP contribution in [0.5, 0.6) is 0 Å². The van der Waals surface area contributed by atoms with Crippen LogP contribution in [0.2, 0.25) is 0 Å². The van der Waals surface area contributed by atoms with E-state index in [0.717, 1.165) is 37.0 Å². The molecule has 0 amide bonds. The quantitative estimate of drug-likeness (QED) is 0.214. The molecule has 0 spiro atoms. The first kappa shape index (κ1) is 42.8. The fourth-order valence-corrected chi connectivity index (χ4v) is 6.68. The summed E-state index contributed by atoms with van der Waals surface area (Å²) in [6, 6.07) is 10.5. The molecule has 278 valence electrons. The van der Waals surface area contributed by atoms with Crippen molar-refractivity contribution >= 4 is 16.1 Å². The molecule has 2 aromatic rings. The third-order valence-corrected chi connectivity index (χ3v) is 10.8. The predicted molar refractivity (Wildman–Crippen MR) is 185 cm³/mol. The predicted octanol–water partition coefficient (Wildman–Crippen LogP) is 11.2. The standard InChI is InChI=1S/C38H55F6NO3S/c1-25(33(5,6)7)31(27-14-16-28(17-15-27)36(46,37(39,40)41)38(42,43)44)24-34(8,9)20-21-35(10,11)29(23-32(2,3)4)22-26-12-18-30(19-13-26)49(45,47)48/h12-19,22,25,31,46H,20-21,23-24H2,1-11H3,(H2,45,47,48). The molecule has 0 aliphatic heterocycles. The van der Waals surface area contributed by atoms with Gasteiger partial charge in [0, 0.05) is 5.56 Å². The fourth-order valence-electron chi connectivity index (χ4n) is 6.17. The second kappa shape index (κ2) is 14.3. The molecule has 0 saturated heterocycles. The fraction of sp³-hybridized carbons (Fsp3) is 0.632. The molecule has 0 bridgehead atoms. The largest absolute Gasteiger partial charge is 0.430 e. The number of aliphatic hydroxyl groups is 1. The Hall–Kier alpha value is -2.37. The summed E-state index contributed by atoms with van der Waals surface area (Å²) >= 11 is 0. The van der Waals surface area contributed by atoms with E-state index in [9.17, 15) is 39.9 Å². The molecule has 2 unspecified atom stereocenters. The number of sulfonamides is 1. The Balaban J connectivity index is 2.46. The third kappa shape index (κ3) is 11.1. The van der Waals surface area contributed by atoms with Crippen LogP contribution in [0.25, 0.3) is 6.08 Å². The summed E-state index contributed by atoms with van der Waals surface area (Å²) in [7, 11) is -3.82. The van der Waals surface area contributed by atoms with Gasteiger partial charge in [-0.25, -0.2) is 13.6 Å². The van der Waals surface area contributed by atoms with E-state index in [2.05, 4.69) is 75.3 Å². The van der Waals surface area contributed by atoms with Crippen molar-refractivity contribution in [3.8, 4) is 0 Å². The average molecular weight is 720 g/mol. The van der Waals surface area contributed by atoms with Gasteiger partial charge in [-0.05, 0) is 82.4 Å². The molecule has 2 rings (SSSR count). The smallest absolute Gasteiger partial charge is 0.369 e. The zero-order chi connectivity index (χ0) is 38.2. The van der Waals surface area contributed by atoms with Crippen molar-refractivity contribution in [3.63, 3.8) is 0 Å². The molecule has 49 heavy (non-hydrogen) atoms. The van der Waals surface area contributed by atoms with Gasteiger partial charge in [0.1, 0.15) is 0 Å². The van der Waals surface area contributed by atoms with Crippen LogP contribution in [-0.2, 0) is 15.6 Å². The molecule has 0 saturated carbocycles. The normalized spacial score (nSPS) is 16.1. The number of rotatable bonds is 12. The molecule has 0 radical (unpaired) electrons. The summed E-state index contributed by atoms with van der Waals surface area (Å²) in [5.74, 6) is -0.189. The summed E-state index contributed by atoms with van der Waals surface area (Å²) in [6.45, 7) is 23.3. The number of primary sulfonamides is 1. The van der Waals surface area contributed by atoms with Gasteiger partial charge in [0.05, 0.1) is 4.90 Å². The highest BCUT2D eigenvalue weighted by atomic mass is 32.2. The molecule has 0 aromatic heterocycles. The highest BCUT2D eigenvalue weighted by molar-refractivity contribution is 7.89. The maximum Gasteiger partial charge on any atom is 0.430 e. The van der Waals surface area contributed by atoms with Gasteiger partial charge in [-0.1, -0.05) is 124 Å². The third-order valence-electron chi connectivity index (χ3n) is 9.89. The van der Waals surface area contributed by atoms with Crippen LogP contribution in [0.4, 0.5) is 26.3 Å². The first-order chi connectivity index (χ1) is 21.7. The Morgan fingerprint density at radius 2 is 1.24 bits per heavy atom. The lowest BCUT2D eigenvalue weighted by Gasteiger charge is -2.41. The van der Waals surface area contributed by atoms with Crippen molar-refractivity contribution in [1.82, 2.24) is 0 Å². The van der Waals surface area contributed by atoms with Gasteiger partial charge >= 0.3 is 12.4 Å². The Morgan fingerprint density at radius 1 is 0.776 bits per heavy atom. The highest BCUT2D eigenvalue weighted by Gasteiger charge is 2.71. The summed E-state index contributed by atoms with van der Waals surface area (Å²) in [4.78, 5) is 0.0353. The Bertz CT molecular complexity index is 1530. The second-order valence-corrected chi connectivity index (χ2v) is 18.9. The Kier molecular flexibility index (Phi) is 12.5. The molecule has 0 fully saturated rings. The Morgan fingerprint density at radius 3 is 1.63 bits per heavy atom. The van der Waals surface area contributed by atoms with E-state index in [-0.39, 0.29) is 38.4 Å². The minimum atomic E-state index is -5.95. The summed E-state index contributed by atoms with van der Waals surface area (Å²) < 4.78 is 105. The monoisotopic (exact) mass is 719 g/mol. The minimum Gasteiger partial charge on any atom is -0.369 e. The summed E-state index contributed by atoms with van der Waals surface area (Å²) in [5, 5.41) is 15.2. The topological polar surface area (TPSA) is 80.4 Å². The van der Waals surface area contributed by atoms with Crippen LogP contribution in [0.15, 0.2) is 59.0 Å². The van der Waals surface area contributed by atoms with Gasteiger partial charge in [-0.15, -0.1) is 0 Å². The van der Waals surface area contributed by atoms with Crippen LogP contribution >= 0.6 is 0 Å². The highest BCUT2D eigenvalue weighted by Crippen LogP contribution is 2.52. The van der Waals surface area contributed by atoms with Crippen molar-refractivity contribution < 1.29 is 39.9 Å². The number of alkyl halides is 6. The zero-order valence-electron chi connectivity index (χ0n) is 30.7. The molecule has 4 nitrogen and oxygen atoms in total. The maximum absolute atomic E-state index is 13.6. The molecule has 11 heteroatoms. The molecule has 3 N–H and O–H groups in total. The molecule has 2 atom stereocenters. The first-order valence-electron chi connectivity index (χ1n) is 16.5. The van der Waals surface area contributed by atoms with Crippen LogP contribution in [-0.4, -0.2) is 25.9 Å². The molecule has 0 aliphatic rings. The molecule has 2 aromatic carbocycles. The van der Waals surface area contributed by atoms with Gasteiger partial charge in [0.2, 0.25) is 10.0 Å². The molecule has 0 aliphatic carbocycles. The number of halogens is 6. The van der Waals surface area contributed by atoms with E-state index in [1.165, 1.54) is 29.8 Å². The lowest BCUT2D eigenvalue weighted by atomic mass is 9.64. The molecular weight excluding hydrogens is 664 g/mol. The van der Waals surface area contributed by atoms with E-state index < -0.39 is 33.5 Å². The van der Waals surface area contributed by atoms with Crippen molar-refractivity contribution in [3.05, 3.63) is 70.8 Å². The van der Waals surface area contributed by atoms with Gasteiger partial charge in [-0.3, -0.25) is 0 Å². The number of nitrogens with two attached hydrogens (primary N) is 1. The van der Waals surface area contributed by atoms with Crippen LogP contribution < -0.4 is 5.14 Å². The summed E-state index contributed by atoms with van der Waals surface area (Å²) in [5.41, 5.74) is -4.39. The molecule has 0 heterocycles.